The molecule has 0 saturated carbocycles. The lowest BCUT2D eigenvalue weighted by molar-refractivity contribution is 0.0701. The Hall–Kier alpha value is -3.80. The van der Waals surface area contributed by atoms with Gasteiger partial charge in [-0.25, -0.2) is 0 Å². The van der Waals surface area contributed by atoms with Crippen LogP contribution in [0.15, 0.2) is 74.5 Å². The quantitative estimate of drug-likeness (QED) is 0.420. The number of amides is 1. The van der Waals surface area contributed by atoms with Gasteiger partial charge in [0.05, 0.1) is 36.4 Å². The molecule has 0 radical (unpaired) electrons. The third kappa shape index (κ3) is 3.38. The second kappa shape index (κ2) is 8.04. The Morgan fingerprint density at radius 3 is 2.72 bits per heavy atom. The molecule has 0 N–H and O–H groups in total. The number of benzene rings is 2. The van der Waals surface area contributed by atoms with Gasteiger partial charge in [-0.05, 0) is 55.3 Å². The minimum absolute atomic E-state index is 0.0859. The number of carbonyl (C=O) groups excluding carboxylic acids is 1. The predicted molar refractivity (Wildman–Crippen MR) is 120 cm³/mol. The highest BCUT2D eigenvalue weighted by atomic mass is 16.5. The summed E-state index contributed by atoms with van der Waals surface area (Å²) in [5.74, 6) is 1.08. The van der Waals surface area contributed by atoms with Crippen molar-refractivity contribution in [2.45, 2.75) is 32.9 Å². The standard InChI is InChI=1S/C26H23NO5/c1-3-11-30-18-7-4-6-17(14-18)23-22-24(28)20-13-16(2)9-10-21(20)32-25(22)26(29)27(23)15-19-8-5-12-31-19/h4-10,12-14,23H,3,11,15H2,1-2H3/t23-/m1/s1. The summed E-state index contributed by atoms with van der Waals surface area (Å²) in [5, 5.41) is 0.472. The van der Waals surface area contributed by atoms with Gasteiger partial charge in [0.15, 0.2) is 5.43 Å². The van der Waals surface area contributed by atoms with Crippen molar-refractivity contribution in [1.29, 1.82) is 0 Å². The molecule has 1 atom stereocenters. The SMILES string of the molecule is CCCOc1cccc([C@@H]2c3c(oc4ccc(C)cc4c3=O)C(=O)N2Cc2ccco2)c1. The molecule has 0 unspecified atom stereocenters. The molecule has 3 heterocycles. The van der Waals surface area contributed by atoms with Crippen LogP contribution < -0.4 is 10.2 Å². The van der Waals surface area contributed by atoms with Crippen molar-refractivity contribution in [3.05, 3.63) is 99.3 Å². The van der Waals surface area contributed by atoms with Gasteiger partial charge in [-0.1, -0.05) is 30.7 Å². The van der Waals surface area contributed by atoms with E-state index in [2.05, 4.69) is 0 Å². The van der Waals surface area contributed by atoms with E-state index in [1.807, 2.05) is 50.2 Å². The summed E-state index contributed by atoms with van der Waals surface area (Å²) in [6.07, 6.45) is 2.45. The molecule has 1 amide bonds. The summed E-state index contributed by atoms with van der Waals surface area (Å²) in [5.41, 5.74) is 2.31. The lowest BCUT2D eigenvalue weighted by Gasteiger charge is -2.24. The fourth-order valence-corrected chi connectivity index (χ4v) is 4.21. The maximum Gasteiger partial charge on any atom is 0.291 e. The number of ether oxygens (including phenoxy) is 1. The summed E-state index contributed by atoms with van der Waals surface area (Å²) in [4.78, 5) is 28.7. The number of hydrogen-bond acceptors (Lipinski definition) is 5. The first-order chi connectivity index (χ1) is 15.6. The van der Waals surface area contributed by atoms with Crippen molar-refractivity contribution in [1.82, 2.24) is 4.90 Å². The smallest absolute Gasteiger partial charge is 0.291 e. The van der Waals surface area contributed by atoms with Gasteiger partial charge in [0, 0.05) is 0 Å². The summed E-state index contributed by atoms with van der Waals surface area (Å²) < 4.78 is 17.3. The van der Waals surface area contributed by atoms with Crippen molar-refractivity contribution >= 4 is 16.9 Å². The highest BCUT2D eigenvalue weighted by Crippen LogP contribution is 2.40. The van der Waals surface area contributed by atoms with Crippen LogP contribution in [0.2, 0.25) is 0 Å². The normalized spacial score (nSPS) is 15.4. The van der Waals surface area contributed by atoms with Gasteiger partial charge in [0.1, 0.15) is 17.1 Å². The zero-order valence-electron chi connectivity index (χ0n) is 18.0. The van der Waals surface area contributed by atoms with Crippen molar-refractivity contribution in [2.24, 2.45) is 0 Å². The van der Waals surface area contributed by atoms with Crippen LogP contribution in [-0.4, -0.2) is 17.4 Å². The molecule has 32 heavy (non-hydrogen) atoms. The maximum atomic E-state index is 13.6. The molecule has 2 aromatic heterocycles. The third-order valence-electron chi connectivity index (χ3n) is 5.67. The fraction of sp³-hybridized carbons (Fsp3) is 0.231. The number of furan rings is 1. The first-order valence-corrected chi connectivity index (χ1v) is 10.7. The molecule has 1 aliphatic heterocycles. The Kier molecular flexibility index (Phi) is 5.05. The van der Waals surface area contributed by atoms with Crippen molar-refractivity contribution in [3.8, 4) is 5.75 Å². The van der Waals surface area contributed by atoms with Crippen molar-refractivity contribution in [3.63, 3.8) is 0 Å². The Balaban J connectivity index is 1.70. The largest absolute Gasteiger partial charge is 0.494 e. The number of rotatable bonds is 6. The van der Waals surface area contributed by atoms with E-state index in [0.29, 0.717) is 34.6 Å². The molecule has 6 nitrogen and oxygen atoms in total. The number of fused-ring (bicyclic) bond motifs is 2. The lowest BCUT2D eigenvalue weighted by atomic mass is 9.98. The van der Waals surface area contributed by atoms with Gasteiger partial charge in [0.25, 0.3) is 5.91 Å². The van der Waals surface area contributed by atoms with E-state index in [9.17, 15) is 9.59 Å². The summed E-state index contributed by atoms with van der Waals surface area (Å²) in [6, 6.07) is 15.9. The number of hydrogen-bond donors (Lipinski definition) is 0. The molecule has 0 saturated heterocycles. The molecule has 1 aliphatic rings. The molecular formula is C26H23NO5. The average molecular weight is 429 g/mol. The molecule has 162 valence electrons. The monoisotopic (exact) mass is 429 g/mol. The van der Waals surface area contributed by atoms with Gasteiger partial charge < -0.3 is 18.5 Å². The first kappa shape index (κ1) is 20.1. The molecule has 6 heteroatoms. The fourth-order valence-electron chi connectivity index (χ4n) is 4.21. The van der Waals surface area contributed by atoms with Gasteiger partial charge in [-0.3, -0.25) is 9.59 Å². The third-order valence-corrected chi connectivity index (χ3v) is 5.67. The van der Waals surface area contributed by atoms with Crippen LogP contribution in [0, 0.1) is 6.92 Å². The molecule has 2 aromatic carbocycles. The van der Waals surface area contributed by atoms with Crippen LogP contribution in [0.25, 0.3) is 11.0 Å². The van der Waals surface area contributed by atoms with E-state index in [4.69, 9.17) is 13.6 Å². The molecule has 0 spiro atoms. The lowest BCUT2D eigenvalue weighted by Crippen LogP contribution is -2.29. The second-order valence-corrected chi connectivity index (χ2v) is 8.01. The van der Waals surface area contributed by atoms with Crippen LogP contribution in [0.4, 0.5) is 0 Å². The van der Waals surface area contributed by atoms with Gasteiger partial charge in [-0.15, -0.1) is 0 Å². The Bertz CT molecular complexity index is 1350. The molecule has 4 aromatic rings. The zero-order chi connectivity index (χ0) is 22.2. The topological polar surface area (TPSA) is 72.9 Å². The molecular weight excluding hydrogens is 406 g/mol. The van der Waals surface area contributed by atoms with Crippen LogP contribution in [0.5, 0.6) is 5.75 Å². The van der Waals surface area contributed by atoms with Crippen LogP contribution in [-0.2, 0) is 6.54 Å². The summed E-state index contributed by atoms with van der Waals surface area (Å²) in [6.45, 7) is 4.77. The first-order valence-electron chi connectivity index (χ1n) is 10.7. The molecule has 0 bridgehead atoms. The second-order valence-electron chi connectivity index (χ2n) is 8.01. The average Bonchev–Trinajstić information content (AvgIpc) is 3.41. The molecule has 0 fully saturated rings. The highest BCUT2D eigenvalue weighted by molar-refractivity contribution is 5.99. The van der Waals surface area contributed by atoms with Gasteiger partial charge >= 0.3 is 0 Å². The van der Waals surface area contributed by atoms with Crippen molar-refractivity contribution in [2.75, 3.05) is 6.61 Å². The Morgan fingerprint density at radius 1 is 1.06 bits per heavy atom. The summed E-state index contributed by atoms with van der Waals surface area (Å²) >= 11 is 0. The van der Waals surface area contributed by atoms with E-state index in [1.54, 1.807) is 29.4 Å². The zero-order valence-corrected chi connectivity index (χ0v) is 18.0. The number of aryl methyl sites for hydroxylation is 1. The van der Waals surface area contributed by atoms with Gasteiger partial charge in [0.2, 0.25) is 5.76 Å². The van der Waals surface area contributed by atoms with E-state index in [1.165, 1.54) is 0 Å². The van der Waals surface area contributed by atoms with Crippen LogP contribution >= 0.6 is 0 Å². The van der Waals surface area contributed by atoms with E-state index in [0.717, 1.165) is 17.5 Å². The van der Waals surface area contributed by atoms with Crippen LogP contribution in [0.3, 0.4) is 0 Å². The Morgan fingerprint density at radius 2 is 1.94 bits per heavy atom. The number of carbonyl (C=O) groups is 1. The van der Waals surface area contributed by atoms with Gasteiger partial charge in [-0.2, -0.15) is 0 Å². The predicted octanol–water partition coefficient (Wildman–Crippen LogP) is 5.23. The molecule has 0 aliphatic carbocycles. The minimum atomic E-state index is -0.603. The Labute approximate surface area is 185 Å². The maximum absolute atomic E-state index is 13.6. The van der Waals surface area contributed by atoms with E-state index in [-0.39, 0.29) is 23.6 Å². The highest BCUT2D eigenvalue weighted by Gasteiger charge is 2.43. The van der Waals surface area contributed by atoms with Crippen molar-refractivity contribution < 1.29 is 18.4 Å². The molecule has 5 rings (SSSR count). The van der Waals surface area contributed by atoms with Crippen LogP contribution in [0.1, 0.15) is 52.4 Å². The minimum Gasteiger partial charge on any atom is -0.494 e. The van der Waals surface area contributed by atoms with E-state index < -0.39 is 6.04 Å². The number of nitrogens with zero attached hydrogens (tertiary/aromatic N) is 1. The summed E-state index contributed by atoms with van der Waals surface area (Å²) in [7, 11) is 0. The van der Waals surface area contributed by atoms with E-state index >= 15 is 0 Å².